The number of aromatic nitrogens is 2. The Hall–Kier alpha value is -3.06. The molecular weight excluding hydrogens is 348 g/mol. The lowest BCUT2D eigenvalue weighted by atomic mass is 10.1. The van der Waals surface area contributed by atoms with Crippen molar-refractivity contribution in [1.82, 2.24) is 15.3 Å². The second-order valence-corrected chi connectivity index (χ2v) is 6.70. The SMILES string of the molecule is Cc1nc(CCNC(=O)c2cccc(NC(=O)c3cccnc3)c2)cs1. The van der Waals surface area contributed by atoms with E-state index >= 15 is 0 Å². The number of nitrogens with zero attached hydrogens (tertiary/aromatic N) is 2. The van der Waals surface area contributed by atoms with Gasteiger partial charge in [0.2, 0.25) is 0 Å². The molecule has 7 heteroatoms. The molecule has 0 fully saturated rings. The number of pyridine rings is 1. The molecule has 0 spiro atoms. The van der Waals surface area contributed by atoms with Gasteiger partial charge in [-0.25, -0.2) is 4.98 Å². The Morgan fingerprint density at radius 1 is 1.12 bits per heavy atom. The highest BCUT2D eigenvalue weighted by Crippen LogP contribution is 2.12. The monoisotopic (exact) mass is 366 g/mol. The number of nitrogens with one attached hydrogen (secondary N) is 2. The summed E-state index contributed by atoms with van der Waals surface area (Å²) in [5.41, 5.74) is 2.48. The van der Waals surface area contributed by atoms with E-state index in [0.29, 0.717) is 29.8 Å². The van der Waals surface area contributed by atoms with Crippen molar-refractivity contribution >= 4 is 28.8 Å². The standard InChI is InChI=1S/C19H18N4O2S/c1-13-22-17(12-26-13)7-9-21-18(24)14-4-2-6-16(10-14)23-19(25)15-5-3-8-20-11-15/h2-6,8,10-12H,7,9H2,1H3,(H,21,24)(H,23,25). The van der Waals surface area contributed by atoms with Crippen LogP contribution in [-0.4, -0.2) is 28.3 Å². The Balaban J connectivity index is 1.57. The molecule has 3 rings (SSSR count). The van der Waals surface area contributed by atoms with E-state index in [9.17, 15) is 9.59 Å². The van der Waals surface area contributed by atoms with Gasteiger partial charge in [0.05, 0.1) is 16.3 Å². The minimum Gasteiger partial charge on any atom is -0.352 e. The third kappa shape index (κ3) is 4.73. The van der Waals surface area contributed by atoms with Gasteiger partial charge in [-0.1, -0.05) is 6.07 Å². The van der Waals surface area contributed by atoms with E-state index in [1.807, 2.05) is 12.3 Å². The number of thiazole rings is 1. The predicted molar refractivity (Wildman–Crippen MR) is 102 cm³/mol. The summed E-state index contributed by atoms with van der Waals surface area (Å²) in [7, 11) is 0. The van der Waals surface area contributed by atoms with Gasteiger partial charge >= 0.3 is 0 Å². The number of aryl methyl sites for hydroxylation is 1. The molecule has 6 nitrogen and oxygen atoms in total. The van der Waals surface area contributed by atoms with E-state index in [2.05, 4.69) is 20.6 Å². The quantitative estimate of drug-likeness (QED) is 0.702. The zero-order chi connectivity index (χ0) is 18.4. The fourth-order valence-corrected chi connectivity index (χ4v) is 3.01. The summed E-state index contributed by atoms with van der Waals surface area (Å²) in [5.74, 6) is -0.455. The summed E-state index contributed by atoms with van der Waals surface area (Å²) < 4.78 is 0. The van der Waals surface area contributed by atoms with Gasteiger partial charge in [0.25, 0.3) is 11.8 Å². The first kappa shape index (κ1) is 17.8. The van der Waals surface area contributed by atoms with E-state index in [1.165, 1.54) is 6.20 Å². The first-order valence-corrected chi connectivity index (χ1v) is 9.00. The lowest BCUT2D eigenvalue weighted by Crippen LogP contribution is -2.26. The van der Waals surface area contributed by atoms with Crippen LogP contribution in [0.15, 0.2) is 54.2 Å². The van der Waals surface area contributed by atoms with Crippen molar-refractivity contribution < 1.29 is 9.59 Å². The average molecular weight is 366 g/mol. The fraction of sp³-hybridized carbons (Fsp3) is 0.158. The Morgan fingerprint density at radius 2 is 1.96 bits per heavy atom. The van der Waals surface area contributed by atoms with Gasteiger partial charge < -0.3 is 10.6 Å². The number of rotatable bonds is 6. The summed E-state index contributed by atoms with van der Waals surface area (Å²) in [6.07, 6.45) is 3.79. The Labute approximate surface area is 155 Å². The van der Waals surface area contributed by atoms with Crippen molar-refractivity contribution in [2.24, 2.45) is 0 Å². The van der Waals surface area contributed by atoms with Crippen LogP contribution in [0.2, 0.25) is 0 Å². The topological polar surface area (TPSA) is 84.0 Å². The highest BCUT2D eigenvalue weighted by atomic mass is 32.1. The van der Waals surface area contributed by atoms with Crippen molar-refractivity contribution in [2.45, 2.75) is 13.3 Å². The van der Waals surface area contributed by atoms with Gasteiger partial charge in [-0.05, 0) is 37.3 Å². The molecule has 0 aliphatic heterocycles. The van der Waals surface area contributed by atoms with Gasteiger partial charge in [0.1, 0.15) is 0 Å². The fourth-order valence-electron chi connectivity index (χ4n) is 2.37. The minimum atomic E-state index is -0.269. The van der Waals surface area contributed by atoms with Crippen LogP contribution < -0.4 is 10.6 Å². The molecular formula is C19H18N4O2S. The van der Waals surface area contributed by atoms with E-state index in [-0.39, 0.29) is 11.8 Å². The lowest BCUT2D eigenvalue weighted by molar-refractivity contribution is 0.0952. The van der Waals surface area contributed by atoms with Gasteiger partial charge in [0, 0.05) is 42.0 Å². The molecule has 0 aliphatic rings. The first-order chi connectivity index (χ1) is 12.6. The van der Waals surface area contributed by atoms with E-state index < -0.39 is 0 Å². The zero-order valence-electron chi connectivity index (χ0n) is 14.2. The second kappa shape index (κ2) is 8.35. The zero-order valence-corrected chi connectivity index (χ0v) is 15.0. The molecule has 0 radical (unpaired) electrons. The molecule has 0 saturated carbocycles. The smallest absolute Gasteiger partial charge is 0.257 e. The lowest BCUT2D eigenvalue weighted by Gasteiger charge is -2.08. The van der Waals surface area contributed by atoms with E-state index in [0.717, 1.165) is 10.7 Å². The van der Waals surface area contributed by atoms with Crippen molar-refractivity contribution in [1.29, 1.82) is 0 Å². The van der Waals surface area contributed by atoms with Crippen LogP contribution >= 0.6 is 11.3 Å². The van der Waals surface area contributed by atoms with Gasteiger partial charge in [-0.3, -0.25) is 14.6 Å². The maximum Gasteiger partial charge on any atom is 0.257 e. The van der Waals surface area contributed by atoms with Gasteiger partial charge in [-0.15, -0.1) is 11.3 Å². The first-order valence-electron chi connectivity index (χ1n) is 8.12. The number of carbonyl (C=O) groups is 2. The minimum absolute atomic E-state index is 0.186. The number of amides is 2. The number of carbonyl (C=O) groups excluding carboxylic acids is 2. The highest BCUT2D eigenvalue weighted by molar-refractivity contribution is 7.09. The molecule has 26 heavy (non-hydrogen) atoms. The summed E-state index contributed by atoms with van der Waals surface area (Å²) >= 11 is 1.60. The molecule has 3 aromatic rings. The van der Waals surface area contributed by atoms with Gasteiger partial charge in [-0.2, -0.15) is 0 Å². The van der Waals surface area contributed by atoms with Crippen LogP contribution in [0.3, 0.4) is 0 Å². The number of benzene rings is 1. The van der Waals surface area contributed by atoms with Crippen molar-refractivity contribution in [3.63, 3.8) is 0 Å². The average Bonchev–Trinajstić information content (AvgIpc) is 3.07. The van der Waals surface area contributed by atoms with Crippen LogP contribution in [-0.2, 0) is 6.42 Å². The number of hydrogen-bond donors (Lipinski definition) is 2. The predicted octanol–water partition coefficient (Wildman–Crippen LogP) is 3.07. The molecule has 1 aromatic carbocycles. The van der Waals surface area contributed by atoms with Gasteiger partial charge in [0.15, 0.2) is 0 Å². The summed E-state index contributed by atoms with van der Waals surface area (Å²) in [4.78, 5) is 32.8. The second-order valence-electron chi connectivity index (χ2n) is 5.64. The molecule has 0 bridgehead atoms. The molecule has 2 amide bonds. The molecule has 0 atom stereocenters. The third-order valence-electron chi connectivity index (χ3n) is 3.64. The molecule has 0 unspecified atom stereocenters. The highest BCUT2D eigenvalue weighted by Gasteiger charge is 2.09. The maximum atomic E-state index is 12.3. The van der Waals surface area contributed by atoms with Crippen LogP contribution in [0.4, 0.5) is 5.69 Å². The Bertz CT molecular complexity index is 909. The summed E-state index contributed by atoms with van der Waals surface area (Å²) in [6.45, 7) is 2.46. The number of hydrogen-bond acceptors (Lipinski definition) is 5. The molecule has 2 heterocycles. The van der Waals surface area contributed by atoms with Crippen LogP contribution in [0, 0.1) is 6.92 Å². The Kier molecular flexibility index (Phi) is 5.70. The largest absolute Gasteiger partial charge is 0.352 e. The van der Waals surface area contributed by atoms with E-state index in [4.69, 9.17) is 0 Å². The third-order valence-corrected chi connectivity index (χ3v) is 4.46. The molecule has 0 saturated heterocycles. The summed E-state index contributed by atoms with van der Waals surface area (Å²) in [5, 5.41) is 8.66. The maximum absolute atomic E-state index is 12.3. The number of anilines is 1. The van der Waals surface area contributed by atoms with E-state index in [1.54, 1.807) is 53.9 Å². The Morgan fingerprint density at radius 3 is 2.69 bits per heavy atom. The van der Waals surface area contributed by atoms with Crippen molar-refractivity contribution in [3.8, 4) is 0 Å². The molecule has 0 aliphatic carbocycles. The van der Waals surface area contributed by atoms with Crippen LogP contribution in [0.5, 0.6) is 0 Å². The molecule has 132 valence electrons. The summed E-state index contributed by atoms with van der Waals surface area (Å²) in [6, 6.07) is 10.2. The molecule has 2 N–H and O–H groups in total. The molecule has 2 aromatic heterocycles. The van der Waals surface area contributed by atoms with Crippen molar-refractivity contribution in [2.75, 3.05) is 11.9 Å². The van der Waals surface area contributed by atoms with Crippen LogP contribution in [0.1, 0.15) is 31.4 Å². The van der Waals surface area contributed by atoms with Crippen LogP contribution in [0.25, 0.3) is 0 Å². The van der Waals surface area contributed by atoms with Crippen molar-refractivity contribution in [3.05, 3.63) is 76.0 Å². The normalized spacial score (nSPS) is 10.3.